The van der Waals surface area contributed by atoms with Crippen molar-refractivity contribution in [2.24, 2.45) is 0 Å². The molecule has 0 unspecified atom stereocenters. The summed E-state index contributed by atoms with van der Waals surface area (Å²) in [6.45, 7) is 5.19. The lowest BCUT2D eigenvalue weighted by molar-refractivity contribution is 0.0632. The van der Waals surface area contributed by atoms with E-state index in [4.69, 9.17) is 11.6 Å². The Labute approximate surface area is 135 Å². The van der Waals surface area contributed by atoms with Crippen LogP contribution in [0.5, 0.6) is 0 Å². The molecule has 1 fully saturated rings. The summed E-state index contributed by atoms with van der Waals surface area (Å²) in [5, 5.41) is 4.86. The molecule has 1 aromatic heterocycles. The summed E-state index contributed by atoms with van der Waals surface area (Å²) in [4.78, 5) is 16.7. The highest BCUT2D eigenvalue weighted by Crippen LogP contribution is 2.13. The van der Waals surface area contributed by atoms with Crippen LogP contribution in [0.25, 0.3) is 0 Å². The Kier molecular flexibility index (Phi) is 4.75. The van der Waals surface area contributed by atoms with Crippen molar-refractivity contribution in [1.82, 2.24) is 19.6 Å². The maximum Gasteiger partial charge on any atom is 0.253 e. The number of rotatable bonds is 4. The van der Waals surface area contributed by atoms with Crippen molar-refractivity contribution in [3.05, 3.63) is 53.3 Å². The van der Waals surface area contributed by atoms with Gasteiger partial charge in [-0.15, -0.1) is 0 Å². The number of piperazine rings is 1. The highest BCUT2D eigenvalue weighted by Gasteiger charge is 2.21. The van der Waals surface area contributed by atoms with E-state index in [0.717, 1.165) is 39.3 Å². The number of halogens is 1. The Morgan fingerprint density at radius 1 is 1.09 bits per heavy atom. The van der Waals surface area contributed by atoms with Crippen LogP contribution in [0.2, 0.25) is 5.02 Å². The van der Waals surface area contributed by atoms with Gasteiger partial charge >= 0.3 is 0 Å². The van der Waals surface area contributed by atoms with Gasteiger partial charge in [0.05, 0.1) is 6.54 Å². The number of carbonyl (C=O) groups is 1. The van der Waals surface area contributed by atoms with Crippen molar-refractivity contribution in [3.8, 4) is 0 Å². The molecule has 116 valence electrons. The summed E-state index contributed by atoms with van der Waals surface area (Å²) in [6.07, 6.45) is 3.77. The highest BCUT2D eigenvalue weighted by molar-refractivity contribution is 6.30. The number of hydrogen-bond acceptors (Lipinski definition) is 3. The monoisotopic (exact) mass is 318 g/mol. The summed E-state index contributed by atoms with van der Waals surface area (Å²) in [6, 6.07) is 9.02. The molecule has 1 amide bonds. The number of nitrogens with zero attached hydrogens (tertiary/aromatic N) is 4. The fourth-order valence-electron chi connectivity index (χ4n) is 2.63. The summed E-state index contributed by atoms with van der Waals surface area (Å²) >= 11 is 5.86. The number of hydrogen-bond donors (Lipinski definition) is 0. The van der Waals surface area contributed by atoms with E-state index in [2.05, 4.69) is 10.00 Å². The molecule has 5 nitrogen and oxygen atoms in total. The van der Waals surface area contributed by atoms with Crippen LogP contribution in [0.4, 0.5) is 0 Å². The summed E-state index contributed by atoms with van der Waals surface area (Å²) in [5.74, 6) is 0.0865. The molecule has 0 spiro atoms. The van der Waals surface area contributed by atoms with Gasteiger partial charge in [0.2, 0.25) is 0 Å². The molecule has 0 bridgehead atoms. The third-order valence-electron chi connectivity index (χ3n) is 3.96. The second-order valence-corrected chi connectivity index (χ2v) is 5.85. The topological polar surface area (TPSA) is 41.4 Å². The van der Waals surface area contributed by atoms with Crippen molar-refractivity contribution in [3.63, 3.8) is 0 Å². The molecular weight excluding hydrogens is 300 g/mol. The molecule has 1 aromatic carbocycles. The van der Waals surface area contributed by atoms with Crippen molar-refractivity contribution in [1.29, 1.82) is 0 Å². The first kappa shape index (κ1) is 15.1. The molecule has 3 rings (SSSR count). The summed E-state index contributed by atoms with van der Waals surface area (Å²) in [7, 11) is 0. The summed E-state index contributed by atoms with van der Waals surface area (Å²) < 4.78 is 1.94. The van der Waals surface area contributed by atoms with Gasteiger partial charge < -0.3 is 4.90 Å². The lowest BCUT2D eigenvalue weighted by Gasteiger charge is -2.34. The zero-order chi connectivity index (χ0) is 15.4. The molecule has 2 aromatic rings. The average molecular weight is 319 g/mol. The van der Waals surface area contributed by atoms with Crippen LogP contribution in [-0.4, -0.2) is 58.2 Å². The quantitative estimate of drug-likeness (QED) is 0.866. The zero-order valence-electron chi connectivity index (χ0n) is 12.4. The molecule has 2 heterocycles. The Bertz CT molecular complexity index is 604. The van der Waals surface area contributed by atoms with Crippen LogP contribution in [-0.2, 0) is 6.54 Å². The average Bonchev–Trinajstić information content (AvgIpc) is 3.07. The Morgan fingerprint density at radius 2 is 1.82 bits per heavy atom. The van der Waals surface area contributed by atoms with Crippen LogP contribution in [0.1, 0.15) is 10.4 Å². The van der Waals surface area contributed by atoms with Gasteiger partial charge in [-0.05, 0) is 30.3 Å². The standard InChI is InChI=1S/C16H19ClN4O/c17-15-4-2-14(3-5-15)16(22)20-11-8-19(9-12-20)10-13-21-7-1-6-18-21/h1-7H,8-13H2. The van der Waals surface area contributed by atoms with Crippen LogP contribution in [0.15, 0.2) is 42.7 Å². The maximum atomic E-state index is 12.4. The van der Waals surface area contributed by atoms with Gasteiger partial charge in [-0.2, -0.15) is 5.10 Å². The predicted octanol–water partition coefficient (Wildman–Crippen LogP) is 1.99. The predicted molar refractivity (Wildman–Crippen MR) is 86.0 cm³/mol. The lowest BCUT2D eigenvalue weighted by atomic mass is 10.2. The van der Waals surface area contributed by atoms with E-state index in [-0.39, 0.29) is 5.91 Å². The van der Waals surface area contributed by atoms with Crippen molar-refractivity contribution in [2.75, 3.05) is 32.7 Å². The van der Waals surface area contributed by atoms with Crippen LogP contribution >= 0.6 is 11.6 Å². The van der Waals surface area contributed by atoms with Gasteiger partial charge in [0.15, 0.2) is 0 Å². The van der Waals surface area contributed by atoms with Crippen molar-refractivity contribution in [2.45, 2.75) is 6.54 Å². The largest absolute Gasteiger partial charge is 0.336 e. The van der Waals surface area contributed by atoms with Crippen LogP contribution in [0, 0.1) is 0 Å². The second kappa shape index (κ2) is 6.94. The van der Waals surface area contributed by atoms with Gasteiger partial charge in [-0.25, -0.2) is 0 Å². The van der Waals surface area contributed by atoms with E-state index in [1.54, 1.807) is 30.5 Å². The lowest BCUT2D eigenvalue weighted by Crippen LogP contribution is -2.49. The number of benzene rings is 1. The molecule has 1 aliphatic rings. The third kappa shape index (κ3) is 3.67. The maximum absolute atomic E-state index is 12.4. The molecule has 0 radical (unpaired) electrons. The number of carbonyl (C=O) groups excluding carboxylic acids is 1. The number of amides is 1. The molecule has 1 saturated heterocycles. The zero-order valence-corrected chi connectivity index (χ0v) is 13.1. The normalized spacial score (nSPS) is 16.0. The van der Waals surface area contributed by atoms with E-state index in [9.17, 15) is 4.79 Å². The second-order valence-electron chi connectivity index (χ2n) is 5.41. The van der Waals surface area contributed by atoms with E-state index >= 15 is 0 Å². The van der Waals surface area contributed by atoms with E-state index < -0.39 is 0 Å². The highest BCUT2D eigenvalue weighted by atomic mass is 35.5. The molecular formula is C16H19ClN4O. The van der Waals surface area contributed by atoms with E-state index in [1.807, 2.05) is 21.8 Å². The van der Waals surface area contributed by atoms with Crippen LogP contribution in [0.3, 0.4) is 0 Å². The molecule has 22 heavy (non-hydrogen) atoms. The minimum atomic E-state index is 0.0865. The van der Waals surface area contributed by atoms with Gasteiger partial charge in [0, 0.05) is 55.7 Å². The smallest absolute Gasteiger partial charge is 0.253 e. The molecule has 0 aliphatic carbocycles. The molecule has 0 atom stereocenters. The van der Waals surface area contributed by atoms with Crippen molar-refractivity contribution < 1.29 is 4.79 Å². The molecule has 6 heteroatoms. The first-order valence-electron chi connectivity index (χ1n) is 7.47. The Morgan fingerprint density at radius 3 is 2.45 bits per heavy atom. The molecule has 0 saturated carbocycles. The first-order valence-corrected chi connectivity index (χ1v) is 7.85. The van der Waals surface area contributed by atoms with Crippen LogP contribution < -0.4 is 0 Å². The molecule has 0 N–H and O–H groups in total. The van der Waals surface area contributed by atoms with Gasteiger partial charge in [-0.3, -0.25) is 14.4 Å². The first-order chi connectivity index (χ1) is 10.7. The van der Waals surface area contributed by atoms with Gasteiger partial charge in [0.1, 0.15) is 0 Å². The Hall–Kier alpha value is -1.85. The van der Waals surface area contributed by atoms with Gasteiger partial charge in [-0.1, -0.05) is 11.6 Å². The Balaban J connectivity index is 1.48. The SMILES string of the molecule is O=C(c1ccc(Cl)cc1)N1CCN(CCn2cccn2)CC1. The fourth-order valence-corrected chi connectivity index (χ4v) is 2.75. The minimum absolute atomic E-state index is 0.0865. The van der Waals surface area contributed by atoms with E-state index in [1.165, 1.54) is 0 Å². The molecule has 1 aliphatic heterocycles. The summed E-state index contributed by atoms with van der Waals surface area (Å²) in [5.41, 5.74) is 0.703. The number of aromatic nitrogens is 2. The van der Waals surface area contributed by atoms with E-state index in [0.29, 0.717) is 10.6 Å². The van der Waals surface area contributed by atoms with Gasteiger partial charge in [0.25, 0.3) is 5.91 Å². The third-order valence-corrected chi connectivity index (χ3v) is 4.21. The van der Waals surface area contributed by atoms with Crippen molar-refractivity contribution >= 4 is 17.5 Å². The fraction of sp³-hybridized carbons (Fsp3) is 0.375. The minimum Gasteiger partial charge on any atom is -0.336 e.